The summed E-state index contributed by atoms with van der Waals surface area (Å²) in [6.07, 6.45) is 3.75. The average Bonchev–Trinajstić information content (AvgIpc) is 2.67. The summed E-state index contributed by atoms with van der Waals surface area (Å²) in [5, 5.41) is 0.755. The minimum atomic E-state index is 0.755. The second-order valence-electron chi connectivity index (χ2n) is 2.99. The molecule has 14 heavy (non-hydrogen) atoms. The summed E-state index contributed by atoms with van der Waals surface area (Å²) >= 11 is 5.82. The molecule has 0 amide bonds. The maximum atomic E-state index is 5.82. The standard InChI is InChI=1S/C12H10ClN/c1-2-14-9-3-4-12(14)10-5-7-11(13)8-6-10/h2-9H,1H2. The summed E-state index contributed by atoms with van der Waals surface area (Å²) < 4.78 is 1.98. The Kier molecular flexibility index (Phi) is 2.42. The van der Waals surface area contributed by atoms with Gasteiger partial charge >= 0.3 is 0 Å². The van der Waals surface area contributed by atoms with Gasteiger partial charge in [0.2, 0.25) is 0 Å². The normalized spacial score (nSPS) is 10.1. The molecule has 0 aliphatic carbocycles. The first kappa shape index (κ1) is 9.10. The van der Waals surface area contributed by atoms with Crippen LogP contribution in [0.1, 0.15) is 0 Å². The number of aromatic nitrogens is 1. The highest BCUT2D eigenvalue weighted by atomic mass is 35.5. The van der Waals surface area contributed by atoms with Crippen LogP contribution in [0.3, 0.4) is 0 Å². The predicted molar refractivity (Wildman–Crippen MR) is 61.3 cm³/mol. The zero-order valence-corrected chi connectivity index (χ0v) is 8.41. The van der Waals surface area contributed by atoms with Crippen LogP contribution in [0.4, 0.5) is 0 Å². The lowest BCUT2D eigenvalue weighted by molar-refractivity contribution is 1.18. The van der Waals surface area contributed by atoms with Gasteiger partial charge in [-0.1, -0.05) is 30.3 Å². The Bertz CT molecular complexity index is 440. The summed E-state index contributed by atoms with van der Waals surface area (Å²) in [7, 11) is 0. The van der Waals surface area contributed by atoms with Crippen molar-refractivity contribution in [1.29, 1.82) is 0 Å². The van der Waals surface area contributed by atoms with E-state index in [-0.39, 0.29) is 0 Å². The second kappa shape index (κ2) is 3.72. The van der Waals surface area contributed by atoms with Crippen molar-refractivity contribution >= 4 is 17.8 Å². The summed E-state index contributed by atoms with van der Waals surface area (Å²) in [5.74, 6) is 0. The molecule has 0 spiro atoms. The van der Waals surface area contributed by atoms with Crippen molar-refractivity contribution in [2.24, 2.45) is 0 Å². The SMILES string of the molecule is C=Cn1cccc1-c1ccc(Cl)cc1. The molecule has 0 atom stereocenters. The molecule has 0 aliphatic rings. The van der Waals surface area contributed by atoms with E-state index in [1.165, 1.54) is 0 Å². The Labute approximate surface area is 88.3 Å². The van der Waals surface area contributed by atoms with Gasteiger partial charge in [-0.2, -0.15) is 0 Å². The minimum absolute atomic E-state index is 0.755. The number of rotatable bonds is 2. The van der Waals surface area contributed by atoms with E-state index in [1.54, 1.807) is 6.20 Å². The quantitative estimate of drug-likeness (QED) is 0.698. The van der Waals surface area contributed by atoms with Crippen LogP contribution in [0, 0.1) is 0 Å². The first-order valence-corrected chi connectivity index (χ1v) is 4.74. The van der Waals surface area contributed by atoms with Crippen molar-refractivity contribution in [3.63, 3.8) is 0 Å². The molecule has 1 aromatic carbocycles. The maximum absolute atomic E-state index is 5.82. The van der Waals surface area contributed by atoms with Crippen molar-refractivity contribution in [2.45, 2.75) is 0 Å². The number of nitrogens with zero attached hydrogens (tertiary/aromatic N) is 1. The van der Waals surface area contributed by atoms with Gasteiger partial charge in [0.05, 0.1) is 5.69 Å². The second-order valence-corrected chi connectivity index (χ2v) is 3.43. The predicted octanol–water partition coefficient (Wildman–Crippen LogP) is 3.91. The van der Waals surface area contributed by atoms with Crippen molar-refractivity contribution < 1.29 is 0 Å². The summed E-state index contributed by atoms with van der Waals surface area (Å²) in [6, 6.07) is 11.8. The van der Waals surface area contributed by atoms with Crippen LogP contribution in [-0.2, 0) is 0 Å². The highest BCUT2D eigenvalue weighted by Crippen LogP contribution is 2.22. The Morgan fingerprint density at radius 1 is 1.14 bits per heavy atom. The van der Waals surface area contributed by atoms with E-state index in [4.69, 9.17) is 11.6 Å². The molecule has 0 aliphatic heterocycles. The zero-order valence-electron chi connectivity index (χ0n) is 7.65. The third kappa shape index (κ3) is 1.59. The molecule has 70 valence electrons. The minimum Gasteiger partial charge on any atom is -0.324 e. The Hall–Kier alpha value is -1.47. The van der Waals surface area contributed by atoms with Crippen LogP contribution in [-0.4, -0.2) is 4.57 Å². The van der Waals surface area contributed by atoms with Crippen molar-refractivity contribution in [3.05, 3.63) is 54.2 Å². The van der Waals surface area contributed by atoms with Gasteiger partial charge in [-0.25, -0.2) is 0 Å². The summed E-state index contributed by atoms with van der Waals surface area (Å²) in [4.78, 5) is 0. The first-order valence-electron chi connectivity index (χ1n) is 4.36. The number of hydrogen-bond acceptors (Lipinski definition) is 0. The highest BCUT2D eigenvalue weighted by Gasteiger charge is 2.00. The van der Waals surface area contributed by atoms with Crippen LogP contribution in [0.25, 0.3) is 17.5 Å². The number of benzene rings is 1. The first-order chi connectivity index (χ1) is 6.81. The molecule has 0 unspecified atom stereocenters. The fraction of sp³-hybridized carbons (Fsp3) is 0. The van der Waals surface area contributed by atoms with Gasteiger partial charge in [0.15, 0.2) is 0 Å². The molecule has 0 N–H and O–H groups in total. The topological polar surface area (TPSA) is 4.93 Å². The van der Waals surface area contributed by atoms with E-state index < -0.39 is 0 Å². The molecular weight excluding hydrogens is 194 g/mol. The molecule has 0 saturated heterocycles. The van der Waals surface area contributed by atoms with Gasteiger partial charge in [-0.15, -0.1) is 0 Å². The van der Waals surface area contributed by atoms with Crippen LogP contribution < -0.4 is 0 Å². The lowest BCUT2D eigenvalue weighted by Gasteiger charge is -2.03. The van der Waals surface area contributed by atoms with Gasteiger partial charge in [-0.3, -0.25) is 0 Å². The van der Waals surface area contributed by atoms with Crippen molar-refractivity contribution in [2.75, 3.05) is 0 Å². The van der Waals surface area contributed by atoms with E-state index >= 15 is 0 Å². The van der Waals surface area contributed by atoms with E-state index in [9.17, 15) is 0 Å². The third-order valence-corrected chi connectivity index (χ3v) is 2.37. The summed E-state index contributed by atoms with van der Waals surface area (Å²) in [6.45, 7) is 3.74. The Morgan fingerprint density at radius 2 is 1.86 bits per heavy atom. The van der Waals surface area contributed by atoms with Crippen LogP contribution in [0.5, 0.6) is 0 Å². The largest absolute Gasteiger partial charge is 0.324 e. The zero-order chi connectivity index (χ0) is 9.97. The fourth-order valence-electron chi connectivity index (χ4n) is 1.42. The summed E-state index contributed by atoms with van der Waals surface area (Å²) in [5.41, 5.74) is 2.26. The van der Waals surface area contributed by atoms with Gasteiger partial charge in [0.1, 0.15) is 0 Å². The lowest BCUT2D eigenvalue weighted by Crippen LogP contribution is -1.86. The molecule has 1 heterocycles. The van der Waals surface area contributed by atoms with Gasteiger partial charge < -0.3 is 4.57 Å². The van der Waals surface area contributed by atoms with Crippen molar-refractivity contribution in [1.82, 2.24) is 4.57 Å². The lowest BCUT2D eigenvalue weighted by atomic mass is 10.1. The van der Waals surface area contributed by atoms with E-state index in [0.717, 1.165) is 16.3 Å². The molecule has 0 saturated carbocycles. The molecule has 1 nitrogen and oxygen atoms in total. The molecule has 0 bridgehead atoms. The molecule has 1 aromatic heterocycles. The highest BCUT2D eigenvalue weighted by molar-refractivity contribution is 6.30. The monoisotopic (exact) mass is 203 g/mol. The average molecular weight is 204 g/mol. The van der Waals surface area contributed by atoms with Gasteiger partial charge in [-0.05, 0) is 29.8 Å². The number of halogens is 1. The molecule has 2 heteroatoms. The van der Waals surface area contributed by atoms with Gasteiger partial charge in [0, 0.05) is 17.4 Å². The molecule has 2 aromatic rings. The van der Waals surface area contributed by atoms with E-state index in [0.29, 0.717) is 0 Å². The Balaban J connectivity index is 2.49. The van der Waals surface area contributed by atoms with Crippen molar-refractivity contribution in [3.8, 4) is 11.3 Å². The van der Waals surface area contributed by atoms with Crippen LogP contribution in [0.15, 0.2) is 49.2 Å². The maximum Gasteiger partial charge on any atom is 0.0522 e. The molecular formula is C12H10ClN. The third-order valence-electron chi connectivity index (χ3n) is 2.12. The van der Waals surface area contributed by atoms with Crippen LogP contribution in [0.2, 0.25) is 5.02 Å². The fourth-order valence-corrected chi connectivity index (χ4v) is 1.54. The smallest absolute Gasteiger partial charge is 0.0522 e. The molecule has 2 rings (SSSR count). The molecule has 0 fully saturated rings. The van der Waals surface area contributed by atoms with Crippen LogP contribution >= 0.6 is 11.6 Å². The Morgan fingerprint density at radius 3 is 2.50 bits per heavy atom. The van der Waals surface area contributed by atoms with E-state index in [2.05, 4.69) is 6.58 Å². The number of hydrogen-bond donors (Lipinski definition) is 0. The van der Waals surface area contributed by atoms with E-state index in [1.807, 2.05) is 47.2 Å². The molecule has 0 radical (unpaired) electrons. The van der Waals surface area contributed by atoms with Gasteiger partial charge in [0.25, 0.3) is 0 Å².